The summed E-state index contributed by atoms with van der Waals surface area (Å²) in [4.78, 5) is 15.4. The van der Waals surface area contributed by atoms with Crippen LogP contribution in [0.2, 0.25) is 0 Å². The summed E-state index contributed by atoms with van der Waals surface area (Å²) in [7, 11) is 0. The lowest BCUT2D eigenvalue weighted by atomic mass is 10.0. The van der Waals surface area contributed by atoms with Crippen molar-refractivity contribution in [1.82, 2.24) is 10.3 Å². The third-order valence-corrected chi connectivity index (χ3v) is 2.28. The van der Waals surface area contributed by atoms with Crippen LogP contribution < -0.4 is 5.32 Å². The van der Waals surface area contributed by atoms with Crippen molar-refractivity contribution < 1.29 is 9.21 Å². The highest BCUT2D eigenvalue weighted by atomic mass is 16.3. The van der Waals surface area contributed by atoms with Gasteiger partial charge in [-0.05, 0) is 12.8 Å². The number of carbonyl (C=O) groups is 1. The number of hydrogen-bond acceptors (Lipinski definition) is 3. The summed E-state index contributed by atoms with van der Waals surface area (Å²) in [5, 5.41) is 2.83. The highest BCUT2D eigenvalue weighted by Gasteiger charge is 2.13. The molecule has 4 heteroatoms. The second-order valence-corrected chi connectivity index (χ2v) is 3.21. The molecule has 0 saturated carbocycles. The molecule has 1 heterocycles. The summed E-state index contributed by atoms with van der Waals surface area (Å²) in [5.41, 5.74) is 0.754. The summed E-state index contributed by atoms with van der Waals surface area (Å²) in [6.45, 7) is 4.49. The van der Waals surface area contributed by atoms with E-state index in [0.29, 0.717) is 6.54 Å². The third-order valence-electron chi connectivity index (χ3n) is 2.28. The van der Waals surface area contributed by atoms with Crippen molar-refractivity contribution >= 4 is 5.91 Å². The van der Waals surface area contributed by atoms with Crippen LogP contribution in [0, 0.1) is 5.92 Å². The van der Waals surface area contributed by atoms with Crippen LogP contribution in [0.4, 0.5) is 0 Å². The van der Waals surface area contributed by atoms with Crippen molar-refractivity contribution in [2.24, 2.45) is 5.92 Å². The van der Waals surface area contributed by atoms with E-state index < -0.39 is 0 Å². The van der Waals surface area contributed by atoms with E-state index >= 15 is 0 Å². The van der Waals surface area contributed by atoms with E-state index in [9.17, 15) is 4.79 Å². The van der Waals surface area contributed by atoms with Gasteiger partial charge < -0.3 is 9.73 Å². The molecule has 14 heavy (non-hydrogen) atoms. The van der Waals surface area contributed by atoms with Gasteiger partial charge in [-0.3, -0.25) is 4.79 Å². The maximum absolute atomic E-state index is 11.5. The van der Waals surface area contributed by atoms with Crippen molar-refractivity contribution in [2.45, 2.75) is 33.2 Å². The Balaban J connectivity index is 2.34. The molecule has 0 aliphatic carbocycles. The normalized spacial score (nSPS) is 10.5. The van der Waals surface area contributed by atoms with Gasteiger partial charge >= 0.3 is 0 Å². The predicted molar refractivity (Wildman–Crippen MR) is 52.4 cm³/mol. The molecule has 0 saturated heterocycles. The van der Waals surface area contributed by atoms with E-state index in [1.807, 2.05) is 13.8 Å². The highest BCUT2D eigenvalue weighted by Crippen LogP contribution is 2.07. The number of hydrogen-bond donors (Lipinski definition) is 1. The second-order valence-electron chi connectivity index (χ2n) is 3.21. The summed E-state index contributed by atoms with van der Waals surface area (Å²) in [6, 6.07) is 0. The average molecular weight is 196 g/mol. The Hall–Kier alpha value is -1.32. The van der Waals surface area contributed by atoms with Crippen molar-refractivity contribution in [3.05, 3.63) is 18.4 Å². The number of aromatic nitrogens is 1. The summed E-state index contributed by atoms with van der Waals surface area (Å²) >= 11 is 0. The van der Waals surface area contributed by atoms with Crippen LogP contribution in [0.3, 0.4) is 0 Å². The van der Waals surface area contributed by atoms with Gasteiger partial charge in [-0.2, -0.15) is 0 Å². The molecular formula is C10H16N2O2. The molecule has 0 spiro atoms. The van der Waals surface area contributed by atoms with E-state index in [-0.39, 0.29) is 11.8 Å². The van der Waals surface area contributed by atoms with Gasteiger partial charge in [-0.15, -0.1) is 0 Å². The molecule has 4 nitrogen and oxygen atoms in total. The smallest absolute Gasteiger partial charge is 0.223 e. The Kier molecular flexibility index (Phi) is 4.16. The van der Waals surface area contributed by atoms with Crippen molar-refractivity contribution in [3.8, 4) is 0 Å². The first-order valence-corrected chi connectivity index (χ1v) is 4.92. The van der Waals surface area contributed by atoms with E-state index in [2.05, 4.69) is 10.3 Å². The van der Waals surface area contributed by atoms with Crippen molar-refractivity contribution in [1.29, 1.82) is 0 Å². The second kappa shape index (κ2) is 5.42. The number of carbonyl (C=O) groups excluding carboxylic acids is 1. The lowest BCUT2D eigenvalue weighted by molar-refractivity contribution is -0.125. The minimum atomic E-state index is 0.0954. The van der Waals surface area contributed by atoms with Crippen LogP contribution >= 0.6 is 0 Å². The van der Waals surface area contributed by atoms with E-state index in [0.717, 1.165) is 18.5 Å². The molecular weight excluding hydrogens is 180 g/mol. The molecule has 0 fully saturated rings. The van der Waals surface area contributed by atoms with E-state index in [1.54, 1.807) is 0 Å². The molecule has 0 radical (unpaired) electrons. The molecule has 1 rings (SSSR count). The van der Waals surface area contributed by atoms with Crippen LogP contribution in [0.5, 0.6) is 0 Å². The van der Waals surface area contributed by atoms with Gasteiger partial charge in [0.2, 0.25) is 5.91 Å². The summed E-state index contributed by atoms with van der Waals surface area (Å²) < 4.78 is 4.80. The molecule has 1 amide bonds. The molecule has 1 aromatic rings. The molecule has 0 aliphatic heterocycles. The first-order chi connectivity index (χ1) is 6.77. The average Bonchev–Trinajstić information content (AvgIpc) is 2.69. The maximum Gasteiger partial charge on any atom is 0.223 e. The molecule has 0 aromatic carbocycles. The predicted octanol–water partition coefficient (Wildman–Crippen LogP) is 1.73. The van der Waals surface area contributed by atoms with Gasteiger partial charge in [0.25, 0.3) is 0 Å². The van der Waals surface area contributed by atoms with Crippen LogP contribution in [0.1, 0.15) is 32.4 Å². The molecule has 0 unspecified atom stereocenters. The van der Waals surface area contributed by atoms with Gasteiger partial charge in [-0.25, -0.2) is 4.98 Å². The Morgan fingerprint density at radius 1 is 1.57 bits per heavy atom. The lowest BCUT2D eigenvalue weighted by Gasteiger charge is -2.11. The number of rotatable bonds is 5. The van der Waals surface area contributed by atoms with Gasteiger partial charge in [0.05, 0.1) is 12.2 Å². The number of nitrogens with one attached hydrogen (secondary N) is 1. The zero-order valence-electron chi connectivity index (χ0n) is 8.62. The first kappa shape index (κ1) is 10.8. The number of oxazole rings is 1. The Morgan fingerprint density at radius 2 is 2.29 bits per heavy atom. The molecule has 1 N–H and O–H groups in total. The fraction of sp³-hybridized carbons (Fsp3) is 0.600. The topological polar surface area (TPSA) is 55.1 Å². The molecule has 0 bridgehead atoms. The molecule has 0 atom stereocenters. The monoisotopic (exact) mass is 196 g/mol. The highest BCUT2D eigenvalue weighted by molar-refractivity contribution is 5.78. The Labute approximate surface area is 83.7 Å². The molecule has 1 aromatic heterocycles. The van der Waals surface area contributed by atoms with Crippen LogP contribution in [-0.2, 0) is 11.3 Å². The summed E-state index contributed by atoms with van der Waals surface area (Å²) in [6.07, 6.45) is 4.65. The van der Waals surface area contributed by atoms with Crippen LogP contribution in [0.15, 0.2) is 17.1 Å². The fourth-order valence-corrected chi connectivity index (χ4v) is 1.31. The fourth-order valence-electron chi connectivity index (χ4n) is 1.31. The lowest BCUT2D eigenvalue weighted by Crippen LogP contribution is -2.29. The van der Waals surface area contributed by atoms with Crippen molar-refractivity contribution in [2.75, 3.05) is 0 Å². The Morgan fingerprint density at radius 3 is 2.79 bits per heavy atom. The minimum Gasteiger partial charge on any atom is -0.451 e. The van der Waals surface area contributed by atoms with Crippen molar-refractivity contribution in [3.63, 3.8) is 0 Å². The van der Waals surface area contributed by atoms with Gasteiger partial charge in [0, 0.05) is 5.92 Å². The van der Waals surface area contributed by atoms with Crippen LogP contribution in [-0.4, -0.2) is 10.9 Å². The van der Waals surface area contributed by atoms with Gasteiger partial charge in [0.15, 0.2) is 6.39 Å². The van der Waals surface area contributed by atoms with Gasteiger partial charge in [-0.1, -0.05) is 13.8 Å². The third kappa shape index (κ3) is 2.87. The van der Waals surface area contributed by atoms with E-state index in [4.69, 9.17) is 4.42 Å². The first-order valence-electron chi connectivity index (χ1n) is 4.92. The van der Waals surface area contributed by atoms with E-state index in [1.165, 1.54) is 12.7 Å². The maximum atomic E-state index is 11.5. The largest absolute Gasteiger partial charge is 0.451 e. The molecule has 78 valence electrons. The Bertz CT molecular complexity index is 266. The minimum absolute atomic E-state index is 0.0954. The molecule has 0 aliphatic rings. The zero-order chi connectivity index (χ0) is 10.4. The zero-order valence-corrected chi connectivity index (χ0v) is 8.62. The van der Waals surface area contributed by atoms with Gasteiger partial charge in [0.1, 0.15) is 6.26 Å². The standard InChI is InChI=1S/C10H16N2O2/c1-3-8(4-2)10(13)11-5-9-6-14-7-12-9/h6-8H,3-5H2,1-2H3,(H,11,13). The van der Waals surface area contributed by atoms with Crippen LogP contribution in [0.25, 0.3) is 0 Å². The number of nitrogens with zero attached hydrogens (tertiary/aromatic N) is 1. The summed E-state index contributed by atoms with van der Waals surface area (Å²) in [5.74, 6) is 0.208. The quantitative estimate of drug-likeness (QED) is 0.780. The SMILES string of the molecule is CCC(CC)C(=O)NCc1cocn1. The number of amides is 1.